The number of hydrogen-bond donors (Lipinski definition) is 2. The lowest BCUT2D eigenvalue weighted by Gasteiger charge is -2.13. The van der Waals surface area contributed by atoms with Crippen LogP contribution in [-0.2, 0) is 16.0 Å². The molecule has 1 atom stereocenters. The van der Waals surface area contributed by atoms with Gasteiger partial charge in [0.2, 0.25) is 5.91 Å². The summed E-state index contributed by atoms with van der Waals surface area (Å²) in [7, 11) is 3.14. The normalized spacial score (nSPS) is 11.7. The summed E-state index contributed by atoms with van der Waals surface area (Å²) >= 11 is 1.41. The average Bonchev–Trinajstić information content (AvgIpc) is 3.12. The van der Waals surface area contributed by atoms with Gasteiger partial charge in [0.25, 0.3) is 0 Å². The number of carboxylic acid groups (broad SMARTS) is 1. The van der Waals surface area contributed by atoms with Gasteiger partial charge >= 0.3 is 5.97 Å². The zero-order chi connectivity index (χ0) is 19.8. The molecule has 1 aromatic carbocycles. The van der Waals surface area contributed by atoms with Crippen LogP contribution in [0.5, 0.6) is 11.5 Å². The third-order valence-electron chi connectivity index (χ3n) is 4.00. The highest BCUT2D eigenvalue weighted by Gasteiger charge is 2.20. The zero-order valence-corrected chi connectivity index (χ0v) is 16.5. The van der Waals surface area contributed by atoms with Gasteiger partial charge in [-0.1, -0.05) is 19.8 Å². The van der Waals surface area contributed by atoms with Crippen LogP contribution in [0.15, 0.2) is 23.6 Å². The fourth-order valence-electron chi connectivity index (χ4n) is 2.57. The first-order chi connectivity index (χ1) is 13.0. The van der Waals surface area contributed by atoms with Gasteiger partial charge in [-0.2, -0.15) is 0 Å². The molecular weight excluding hydrogens is 368 g/mol. The van der Waals surface area contributed by atoms with E-state index in [1.165, 1.54) is 11.3 Å². The fraction of sp³-hybridized carbons (Fsp3) is 0.421. The fourth-order valence-corrected chi connectivity index (χ4v) is 3.38. The summed E-state index contributed by atoms with van der Waals surface area (Å²) < 4.78 is 10.5. The number of aromatic nitrogens is 1. The lowest BCUT2D eigenvalue weighted by molar-refractivity contribution is -0.142. The van der Waals surface area contributed by atoms with Gasteiger partial charge in [-0.05, 0) is 24.6 Å². The summed E-state index contributed by atoms with van der Waals surface area (Å²) in [5, 5.41) is 14.3. The third-order valence-corrected chi connectivity index (χ3v) is 4.94. The van der Waals surface area contributed by atoms with Crippen molar-refractivity contribution in [2.24, 2.45) is 0 Å². The van der Waals surface area contributed by atoms with Gasteiger partial charge in [0.15, 0.2) is 11.5 Å². The predicted molar refractivity (Wildman–Crippen MR) is 103 cm³/mol. The van der Waals surface area contributed by atoms with E-state index in [9.17, 15) is 14.7 Å². The molecule has 2 N–H and O–H groups in total. The molecule has 1 amide bonds. The number of thiazole rings is 1. The Morgan fingerprint density at radius 2 is 2.00 bits per heavy atom. The molecule has 0 bridgehead atoms. The molecule has 0 spiro atoms. The molecular formula is C19H24N2O5S. The van der Waals surface area contributed by atoms with Crippen LogP contribution < -0.4 is 14.8 Å². The van der Waals surface area contributed by atoms with Crippen LogP contribution >= 0.6 is 11.3 Å². The lowest BCUT2D eigenvalue weighted by Crippen LogP contribution is -2.41. The number of rotatable bonds is 10. The van der Waals surface area contributed by atoms with Crippen molar-refractivity contribution in [1.82, 2.24) is 10.3 Å². The molecule has 0 fully saturated rings. The van der Waals surface area contributed by atoms with E-state index >= 15 is 0 Å². The molecule has 2 rings (SSSR count). The number of carboxylic acids is 1. The van der Waals surface area contributed by atoms with Gasteiger partial charge in [0.05, 0.1) is 26.3 Å². The quantitative estimate of drug-likeness (QED) is 0.645. The standard InChI is InChI=1S/C19H24N2O5S/c1-4-5-6-14(19(23)24)21-17(22)10-13-11-27-18(20-13)12-7-8-15(25-2)16(9-12)26-3/h7-9,11,14H,4-6,10H2,1-3H3,(H,21,22)(H,23,24). The molecule has 0 aliphatic heterocycles. The second-order valence-corrected chi connectivity index (χ2v) is 6.85. The topological polar surface area (TPSA) is 97.8 Å². The van der Waals surface area contributed by atoms with Crippen molar-refractivity contribution < 1.29 is 24.2 Å². The molecule has 0 radical (unpaired) electrons. The van der Waals surface area contributed by atoms with Gasteiger partial charge in [0.1, 0.15) is 11.0 Å². The summed E-state index contributed by atoms with van der Waals surface area (Å²) in [5.74, 6) is -0.127. The minimum Gasteiger partial charge on any atom is -0.493 e. The van der Waals surface area contributed by atoms with E-state index in [0.717, 1.165) is 23.4 Å². The molecule has 1 unspecified atom stereocenters. The van der Waals surface area contributed by atoms with Crippen LogP contribution in [0.4, 0.5) is 0 Å². The van der Waals surface area contributed by atoms with E-state index in [-0.39, 0.29) is 12.3 Å². The number of carbonyl (C=O) groups excluding carboxylic acids is 1. The van der Waals surface area contributed by atoms with Crippen molar-refractivity contribution >= 4 is 23.2 Å². The molecule has 1 aromatic heterocycles. The molecule has 8 heteroatoms. The molecule has 2 aromatic rings. The highest BCUT2D eigenvalue weighted by molar-refractivity contribution is 7.13. The number of benzene rings is 1. The number of methoxy groups -OCH3 is 2. The van der Waals surface area contributed by atoms with E-state index < -0.39 is 12.0 Å². The van der Waals surface area contributed by atoms with Gasteiger partial charge in [-0.3, -0.25) is 4.79 Å². The smallest absolute Gasteiger partial charge is 0.326 e. The van der Waals surface area contributed by atoms with E-state index in [0.29, 0.717) is 23.6 Å². The minimum absolute atomic E-state index is 0.0414. The van der Waals surface area contributed by atoms with Gasteiger partial charge < -0.3 is 19.9 Å². The summed E-state index contributed by atoms with van der Waals surface area (Å²) in [6, 6.07) is 4.64. The predicted octanol–water partition coefficient (Wildman–Crippen LogP) is 3.13. The first-order valence-electron chi connectivity index (χ1n) is 8.67. The Balaban J connectivity index is 2.05. The SMILES string of the molecule is CCCCC(NC(=O)Cc1csc(-c2ccc(OC)c(OC)c2)n1)C(=O)O. The molecule has 7 nitrogen and oxygen atoms in total. The van der Waals surface area contributed by atoms with Crippen LogP contribution in [0.3, 0.4) is 0 Å². The van der Waals surface area contributed by atoms with Crippen LogP contribution in [-0.4, -0.2) is 42.2 Å². The van der Waals surface area contributed by atoms with Crippen molar-refractivity contribution in [2.45, 2.75) is 38.6 Å². The molecule has 146 valence electrons. The first-order valence-corrected chi connectivity index (χ1v) is 9.55. The number of aliphatic carboxylic acids is 1. The van der Waals surface area contributed by atoms with Crippen LogP contribution in [0, 0.1) is 0 Å². The number of amides is 1. The first kappa shape index (κ1) is 20.7. The number of unbranched alkanes of at least 4 members (excludes halogenated alkanes) is 1. The Kier molecular flexibility index (Phi) is 7.60. The van der Waals surface area contributed by atoms with Gasteiger partial charge in [-0.25, -0.2) is 9.78 Å². The van der Waals surface area contributed by atoms with Crippen molar-refractivity contribution in [3.05, 3.63) is 29.3 Å². The highest BCUT2D eigenvalue weighted by atomic mass is 32.1. The zero-order valence-electron chi connectivity index (χ0n) is 15.7. The summed E-state index contributed by atoms with van der Waals surface area (Å²) in [6.07, 6.45) is 2.09. The maximum atomic E-state index is 12.2. The lowest BCUT2D eigenvalue weighted by atomic mass is 10.1. The monoisotopic (exact) mass is 392 g/mol. The van der Waals surface area contributed by atoms with Crippen molar-refractivity contribution in [1.29, 1.82) is 0 Å². The number of ether oxygens (including phenoxy) is 2. The number of nitrogens with zero attached hydrogens (tertiary/aromatic N) is 1. The van der Waals surface area contributed by atoms with Crippen molar-refractivity contribution in [3.8, 4) is 22.1 Å². The van der Waals surface area contributed by atoms with Crippen LogP contribution in [0.25, 0.3) is 10.6 Å². The van der Waals surface area contributed by atoms with Crippen LogP contribution in [0.1, 0.15) is 31.9 Å². The van der Waals surface area contributed by atoms with E-state index in [1.807, 2.05) is 19.1 Å². The van der Waals surface area contributed by atoms with Gasteiger partial charge in [-0.15, -0.1) is 11.3 Å². The Hall–Kier alpha value is -2.61. The number of nitrogens with one attached hydrogen (secondary N) is 1. The summed E-state index contributed by atoms with van der Waals surface area (Å²) in [4.78, 5) is 27.9. The third kappa shape index (κ3) is 5.68. The summed E-state index contributed by atoms with van der Waals surface area (Å²) in [5.41, 5.74) is 1.46. The van der Waals surface area contributed by atoms with E-state index in [4.69, 9.17) is 9.47 Å². The minimum atomic E-state index is -1.01. The van der Waals surface area contributed by atoms with E-state index in [2.05, 4.69) is 10.3 Å². The van der Waals surface area contributed by atoms with E-state index in [1.54, 1.807) is 25.7 Å². The maximum absolute atomic E-state index is 12.2. The Morgan fingerprint density at radius 1 is 1.26 bits per heavy atom. The maximum Gasteiger partial charge on any atom is 0.326 e. The molecule has 0 aliphatic rings. The Labute approximate surface area is 162 Å². The van der Waals surface area contributed by atoms with Crippen LogP contribution in [0.2, 0.25) is 0 Å². The largest absolute Gasteiger partial charge is 0.493 e. The van der Waals surface area contributed by atoms with Crippen molar-refractivity contribution in [2.75, 3.05) is 14.2 Å². The highest BCUT2D eigenvalue weighted by Crippen LogP contribution is 2.33. The van der Waals surface area contributed by atoms with Crippen molar-refractivity contribution in [3.63, 3.8) is 0 Å². The second kappa shape index (κ2) is 9.91. The average molecular weight is 392 g/mol. The molecule has 27 heavy (non-hydrogen) atoms. The molecule has 0 saturated heterocycles. The summed E-state index contributed by atoms with van der Waals surface area (Å²) in [6.45, 7) is 1.98. The molecule has 0 saturated carbocycles. The second-order valence-electron chi connectivity index (χ2n) is 5.99. The number of carbonyl (C=O) groups is 2. The Morgan fingerprint density at radius 3 is 2.63 bits per heavy atom. The Bertz CT molecular complexity index is 790. The van der Waals surface area contributed by atoms with Gasteiger partial charge in [0, 0.05) is 10.9 Å². The molecule has 0 aliphatic carbocycles. The number of hydrogen-bond acceptors (Lipinski definition) is 6. The molecule has 1 heterocycles.